The van der Waals surface area contributed by atoms with Gasteiger partial charge in [0.25, 0.3) is 0 Å². The minimum Gasteiger partial charge on any atom is -0.449 e. The Balaban J connectivity index is 1.33. The smallest absolute Gasteiger partial charge is 0.407 e. The van der Waals surface area contributed by atoms with Gasteiger partial charge in [-0.15, -0.1) is 0 Å². The molecule has 3 aromatic carbocycles. The molecule has 2 atom stereocenters. The Kier molecular flexibility index (Phi) is 8.43. The van der Waals surface area contributed by atoms with Crippen LogP contribution in [0.2, 0.25) is 0 Å². The molecule has 1 aliphatic carbocycles. The third kappa shape index (κ3) is 6.03. The van der Waals surface area contributed by atoms with Crippen LogP contribution in [0.1, 0.15) is 43.4 Å². The standard InChI is InChI=1S/C30H33N3O5/c1-18(2)27(29(36)31-19(3)28(35)32-21-14-12-20(16-34)13-15-21)33-30(37)38-17-26-24-10-6-4-8-22(24)23-9-5-7-11-25(23)26/h4-15,18-19,26-27,34H,16-17H2,1-3H3,(H,31,36)(H,32,35)(H,33,37)/t19-,27-/m1/s1. The fourth-order valence-corrected chi connectivity index (χ4v) is 4.61. The second-order valence-corrected chi connectivity index (χ2v) is 9.77. The first-order valence-electron chi connectivity index (χ1n) is 12.7. The van der Waals surface area contributed by atoms with Crippen LogP contribution >= 0.6 is 0 Å². The zero-order valence-corrected chi connectivity index (χ0v) is 21.7. The van der Waals surface area contributed by atoms with E-state index in [-0.39, 0.29) is 25.0 Å². The zero-order chi connectivity index (χ0) is 27.2. The van der Waals surface area contributed by atoms with E-state index in [1.54, 1.807) is 45.0 Å². The number of alkyl carbamates (subject to hydrolysis) is 1. The maximum atomic E-state index is 13.0. The summed E-state index contributed by atoms with van der Waals surface area (Å²) in [5.41, 5.74) is 5.74. The molecule has 3 aromatic rings. The Morgan fingerprint density at radius 1 is 0.816 bits per heavy atom. The molecule has 1 aliphatic rings. The summed E-state index contributed by atoms with van der Waals surface area (Å²) >= 11 is 0. The fourth-order valence-electron chi connectivity index (χ4n) is 4.61. The third-order valence-electron chi connectivity index (χ3n) is 6.72. The Labute approximate surface area is 222 Å². The van der Waals surface area contributed by atoms with Gasteiger partial charge in [-0.3, -0.25) is 9.59 Å². The van der Waals surface area contributed by atoms with Crippen molar-refractivity contribution >= 4 is 23.6 Å². The number of benzene rings is 3. The van der Waals surface area contributed by atoms with Gasteiger partial charge in [0.15, 0.2) is 0 Å². The lowest BCUT2D eigenvalue weighted by Crippen LogP contribution is -2.53. The van der Waals surface area contributed by atoms with Crippen molar-refractivity contribution in [2.24, 2.45) is 5.92 Å². The van der Waals surface area contributed by atoms with Crippen LogP contribution in [0.4, 0.5) is 10.5 Å². The molecule has 0 heterocycles. The average molecular weight is 516 g/mol. The van der Waals surface area contributed by atoms with Gasteiger partial charge in [0.05, 0.1) is 6.61 Å². The summed E-state index contributed by atoms with van der Waals surface area (Å²) < 4.78 is 5.59. The monoisotopic (exact) mass is 515 g/mol. The van der Waals surface area contributed by atoms with Gasteiger partial charge >= 0.3 is 6.09 Å². The number of hydrogen-bond acceptors (Lipinski definition) is 5. The van der Waals surface area contributed by atoms with E-state index in [4.69, 9.17) is 9.84 Å². The van der Waals surface area contributed by atoms with Crippen LogP contribution in [0.3, 0.4) is 0 Å². The molecule has 0 unspecified atom stereocenters. The first kappa shape index (κ1) is 26.9. The van der Waals surface area contributed by atoms with Crippen molar-refractivity contribution in [3.8, 4) is 11.1 Å². The molecule has 0 bridgehead atoms. The second-order valence-electron chi connectivity index (χ2n) is 9.77. The molecule has 3 amide bonds. The van der Waals surface area contributed by atoms with Crippen LogP contribution in [-0.4, -0.2) is 41.7 Å². The molecule has 4 N–H and O–H groups in total. The number of ether oxygens (including phenoxy) is 1. The van der Waals surface area contributed by atoms with Crippen molar-refractivity contribution in [2.45, 2.75) is 45.4 Å². The highest BCUT2D eigenvalue weighted by Crippen LogP contribution is 2.44. The first-order valence-corrected chi connectivity index (χ1v) is 12.7. The number of rotatable bonds is 9. The summed E-state index contributed by atoms with van der Waals surface area (Å²) in [4.78, 5) is 38.3. The number of fused-ring (bicyclic) bond motifs is 3. The van der Waals surface area contributed by atoms with Gasteiger partial charge in [-0.1, -0.05) is 74.5 Å². The van der Waals surface area contributed by atoms with Crippen LogP contribution in [-0.2, 0) is 20.9 Å². The van der Waals surface area contributed by atoms with Crippen molar-refractivity contribution < 1.29 is 24.2 Å². The molecule has 0 spiro atoms. The van der Waals surface area contributed by atoms with E-state index in [0.29, 0.717) is 5.69 Å². The quantitative estimate of drug-likeness (QED) is 0.341. The van der Waals surface area contributed by atoms with E-state index >= 15 is 0 Å². The predicted molar refractivity (Wildman–Crippen MR) is 145 cm³/mol. The number of anilines is 1. The first-order chi connectivity index (χ1) is 18.3. The SMILES string of the molecule is CC(C)[C@@H](NC(=O)OCC1c2ccccc2-c2ccccc21)C(=O)N[C@H](C)C(=O)Nc1ccc(CO)cc1. The Morgan fingerprint density at radius 2 is 1.39 bits per heavy atom. The zero-order valence-electron chi connectivity index (χ0n) is 21.7. The molecule has 198 valence electrons. The molecule has 0 saturated carbocycles. The van der Waals surface area contributed by atoms with E-state index in [1.807, 2.05) is 36.4 Å². The highest BCUT2D eigenvalue weighted by molar-refractivity contribution is 5.98. The third-order valence-corrected chi connectivity index (χ3v) is 6.72. The number of nitrogens with one attached hydrogen (secondary N) is 3. The molecular weight excluding hydrogens is 482 g/mol. The molecular formula is C30H33N3O5. The maximum absolute atomic E-state index is 13.0. The van der Waals surface area contributed by atoms with Crippen LogP contribution in [0, 0.1) is 5.92 Å². The largest absolute Gasteiger partial charge is 0.449 e. The van der Waals surface area contributed by atoms with Gasteiger partial charge in [0.2, 0.25) is 11.8 Å². The Hall–Kier alpha value is -4.17. The number of carbonyl (C=O) groups is 3. The van der Waals surface area contributed by atoms with Gasteiger partial charge in [0.1, 0.15) is 18.7 Å². The highest BCUT2D eigenvalue weighted by Gasteiger charge is 2.31. The van der Waals surface area contributed by atoms with Crippen molar-refractivity contribution in [1.29, 1.82) is 0 Å². The van der Waals surface area contributed by atoms with Gasteiger partial charge in [-0.05, 0) is 52.8 Å². The summed E-state index contributed by atoms with van der Waals surface area (Å²) in [5, 5.41) is 17.2. The van der Waals surface area contributed by atoms with Crippen LogP contribution < -0.4 is 16.0 Å². The molecule has 4 rings (SSSR count). The molecule has 0 saturated heterocycles. The topological polar surface area (TPSA) is 117 Å². The van der Waals surface area contributed by atoms with Crippen molar-refractivity contribution in [3.63, 3.8) is 0 Å². The summed E-state index contributed by atoms with van der Waals surface area (Å²) in [6, 6.07) is 21.2. The van der Waals surface area contributed by atoms with Crippen LogP contribution in [0.5, 0.6) is 0 Å². The summed E-state index contributed by atoms with van der Waals surface area (Å²) in [5.74, 6) is -1.21. The summed E-state index contributed by atoms with van der Waals surface area (Å²) in [6.45, 7) is 5.23. The van der Waals surface area contributed by atoms with E-state index in [0.717, 1.165) is 27.8 Å². The number of carbonyl (C=O) groups excluding carboxylic acids is 3. The molecule has 0 aliphatic heterocycles. The fraction of sp³-hybridized carbons (Fsp3) is 0.300. The average Bonchev–Trinajstić information content (AvgIpc) is 3.24. The number of amides is 3. The Bertz CT molecular complexity index is 1260. The van der Waals surface area contributed by atoms with Crippen LogP contribution in [0.25, 0.3) is 11.1 Å². The van der Waals surface area contributed by atoms with Crippen molar-refractivity contribution in [1.82, 2.24) is 10.6 Å². The normalized spacial score (nSPS) is 13.7. The van der Waals surface area contributed by atoms with Gasteiger partial charge in [0, 0.05) is 11.6 Å². The summed E-state index contributed by atoms with van der Waals surface area (Å²) in [6.07, 6.45) is -0.693. The number of aliphatic hydroxyl groups excluding tert-OH is 1. The van der Waals surface area contributed by atoms with Crippen molar-refractivity contribution in [2.75, 3.05) is 11.9 Å². The number of hydrogen-bond donors (Lipinski definition) is 4. The van der Waals surface area contributed by atoms with E-state index < -0.39 is 30.0 Å². The summed E-state index contributed by atoms with van der Waals surface area (Å²) in [7, 11) is 0. The van der Waals surface area contributed by atoms with Crippen molar-refractivity contribution in [3.05, 3.63) is 89.5 Å². The number of aliphatic hydroxyl groups is 1. The van der Waals surface area contributed by atoms with E-state index in [9.17, 15) is 14.4 Å². The lowest BCUT2D eigenvalue weighted by atomic mass is 9.98. The van der Waals surface area contributed by atoms with Gasteiger partial charge in [-0.25, -0.2) is 4.79 Å². The minimum atomic E-state index is -0.885. The molecule has 0 fully saturated rings. The molecule has 38 heavy (non-hydrogen) atoms. The molecule has 8 nitrogen and oxygen atoms in total. The van der Waals surface area contributed by atoms with E-state index in [1.165, 1.54) is 0 Å². The molecule has 0 aromatic heterocycles. The minimum absolute atomic E-state index is 0.0883. The predicted octanol–water partition coefficient (Wildman–Crippen LogP) is 4.19. The highest BCUT2D eigenvalue weighted by atomic mass is 16.5. The maximum Gasteiger partial charge on any atom is 0.407 e. The van der Waals surface area contributed by atoms with Crippen LogP contribution in [0.15, 0.2) is 72.8 Å². The second kappa shape index (κ2) is 11.9. The lowest BCUT2D eigenvalue weighted by Gasteiger charge is -2.24. The molecule has 0 radical (unpaired) electrons. The lowest BCUT2D eigenvalue weighted by molar-refractivity contribution is -0.128. The van der Waals surface area contributed by atoms with Gasteiger partial charge in [-0.2, -0.15) is 0 Å². The molecule has 8 heteroatoms. The van der Waals surface area contributed by atoms with E-state index in [2.05, 4.69) is 28.1 Å². The Morgan fingerprint density at radius 3 is 1.95 bits per heavy atom. The van der Waals surface area contributed by atoms with Gasteiger partial charge < -0.3 is 25.8 Å².